The summed E-state index contributed by atoms with van der Waals surface area (Å²) in [5.41, 5.74) is 1.13. The van der Waals surface area contributed by atoms with Gasteiger partial charge in [-0.2, -0.15) is 10.2 Å². The zero-order valence-corrected chi connectivity index (χ0v) is 8.92. The Hall–Kier alpha value is -1.54. The number of methoxy groups -OCH3 is 1. The van der Waals surface area contributed by atoms with Crippen LogP contribution in [0.2, 0.25) is 0 Å². The summed E-state index contributed by atoms with van der Waals surface area (Å²) in [6.45, 7) is 0. The van der Waals surface area contributed by atoms with Crippen molar-refractivity contribution in [3.63, 3.8) is 0 Å². The van der Waals surface area contributed by atoms with Crippen molar-refractivity contribution in [1.82, 2.24) is 9.97 Å². The van der Waals surface area contributed by atoms with E-state index in [1.165, 1.54) is 7.11 Å². The molecule has 5 heteroatoms. The fourth-order valence-electron chi connectivity index (χ4n) is 1.23. The summed E-state index contributed by atoms with van der Waals surface area (Å²) in [5.74, 6) is 0.342. The highest BCUT2D eigenvalue weighted by Crippen LogP contribution is 2.26. The number of rotatable bonds is 1. The van der Waals surface area contributed by atoms with Gasteiger partial charge in [0.15, 0.2) is 0 Å². The van der Waals surface area contributed by atoms with Crippen molar-refractivity contribution in [2.45, 2.75) is 0 Å². The van der Waals surface area contributed by atoms with E-state index in [1.807, 2.05) is 6.07 Å². The monoisotopic (exact) mass is 251 g/mol. The van der Waals surface area contributed by atoms with E-state index in [0.29, 0.717) is 17.1 Å². The number of aromatic amines is 1. The predicted molar refractivity (Wildman–Crippen MR) is 55.1 cm³/mol. The number of aromatic nitrogens is 2. The largest absolute Gasteiger partial charge is 0.480 e. The number of fused-ring (bicyclic) bond motifs is 1. The van der Waals surface area contributed by atoms with E-state index in [0.717, 1.165) is 9.86 Å². The van der Waals surface area contributed by atoms with E-state index >= 15 is 0 Å². The summed E-state index contributed by atoms with van der Waals surface area (Å²) in [7, 11) is 1.49. The van der Waals surface area contributed by atoms with Crippen LogP contribution in [0.4, 0.5) is 0 Å². The van der Waals surface area contributed by atoms with Gasteiger partial charge in [-0.25, -0.2) is 0 Å². The number of hydrogen-bond acceptors (Lipinski definition) is 3. The van der Waals surface area contributed by atoms with Crippen molar-refractivity contribution in [1.29, 1.82) is 5.26 Å². The lowest BCUT2D eigenvalue weighted by atomic mass is 10.2. The zero-order chi connectivity index (χ0) is 10.1. The molecule has 2 aromatic rings. The molecule has 0 spiro atoms. The van der Waals surface area contributed by atoms with Crippen molar-refractivity contribution in [2.24, 2.45) is 0 Å². The van der Waals surface area contributed by atoms with Gasteiger partial charge in [-0.1, -0.05) is 0 Å². The van der Waals surface area contributed by atoms with Gasteiger partial charge >= 0.3 is 0 Å². The number of pyridine rings is 1. The Balaban J connectivity index is 2.79. The Morgan fingerprint density at radius 2 is 2.43 bits per heavy atom. The topological polar surface area (TPSA) is 61.7 Å². The van der Waals surface area contributed by atoms with Crippen molar-refractivity contribution in [2.75, 3.05) is 7.11 Å². The molecule has 0 amide bonds. The minimum Gasteiger partial charge on any atom is -0.480 e. The summed E-state index contributed by atoms with van der Waals surface area (Å²) in [6.07, 6.45) is 1.78. The molecule has 0 atom stereocenters. The second-order valence-electron chi connectivity index (χ2n) is 2.69. The number of nitriles is 1. The molecule has 0 saturated heterocycles. The summed E-state index contributed by atoms with van der Waals surface area (Å²) in [5, 5.41) is 9.72. The molecule has 14 heavy (non-hydrogen) atoms. The Morgan fingerprint density at radius 1 is 1.64 bits per heavy atom. The Bertz CT molecular complexity index is 527. The first-order chi connectivity index (χ1) is 6.76. The van der Waals surface area contributed by atoms with Gasteiger partial charge in [0.2, 0.25) is 5.88 Å². The highest BCUT2D eigenvalue weighted by Gasteiger charge is 2.09. The predicted octanol–water partition coefficient (Wildman–Crippen LogP) is 2.21. The molecular formula is C9H6BrN3O. The van der Waals surface area contributed by atoms with Crippen LogP contribution in [-0.2, 0) is 0 Å². The first kappa shape index (κ1) is 9.03. The molecule has 0 aromatic carbocycles. The van der Waals surface area contributed by atoms with Crippen LogP contribution in [0.15, 0.2) is 16.7 Å². The third-order valence-corrected chi connectivity index (χ3v) is 2.55. The molecule has 0 bridgehead atoms. The number of H-pyrrole nitrogens is 1. The standard InChI is InChI=1S/C9H6BrN3O/c1-14-9-5(3-11)2-6-7(10)4-12-8(6)13-9/h2,4H,1H3,(H,12,13). The van der Waals surface area contributed by atoms with Crippen molar-refractivity contribution in [3.8, 4) is 11.9 Å². The van der Waals surface area contributed by atoms with Crippen LogP contribution in [-0.4, -0.2) is 17.1 Å². The van der Waals surface area contributed by atoms with Crippen LogP contribution < -0.4 is 4.74 Å². The van der Waals surface area contributed by atoms with Gasteiger partial charge in [-0.05, 0) is 22.0 Å². The van der Waals surface area contributed by atoms with Crippen LogP contribution >= 0.6 is 15.9 Å². The van der Waals surface area contributed by atoms with Crippen LogP contribution in [0.3, 0.4) is 0 Å². The molecule has 0 radical (unpaired) electrons. The third-order valence-electron chi connectivity index (χ3n) is 1.89. The average molecular weight is 252 g/mol. The first-order valence-corrected chi connectivity index (χ1v) is 4.67. The van der Waals surface area contributed by atoms with Crippen LogP contribution in [0.25, 0.3) is 11.0 Å². The van der Waals surface area contributed by atoms with E-state index in [-0.39, 0.29) is 0 Å². The molecule has 0 unspecified atom stereocenters. The molecule has 0 aliphatic rings. The molecule has 4 nitrogen and oxygen atoms in total. The summed E-state index contributed by atoms with van der Waals surface area (Å²) >= 11 is 3.36. The quantitative estimate of drug-likeness (QED) is 0.846. The number of hydrogen-bond donors (Lipinski definition) is 1. The second-order valence-corrected chi connectivity index (χ2v) is 3.54. The minimum atomic E-state index is 0.342. The van der Waals surface area contributed by atoms with E-state index in [2.05, 4.69) is 25.9 Å². The highest BCUT2D eigenvalue weighted by atomic mass is 79.9. The smallest absolute Gasteiger partial charge is 0.233 e. The van der Waals surface area contributed by atoms with Gasteiger partial charge in [0.1, 0.15) is 17.3 Å². The molecule has 2 heterocycles. The van der Waals surface area contributed by atoms with Gasteiger partial charge in [0.25, 0.3) is 0 Å². The van der Waals surface area contributed by atoms with E-state index in [1.54, 1.807) is 12.3 Å². The molecule has 0 saturated carbocycles. The fraction of sp³-hybridized carbons (Fsp3) is 0.111. The van der Waals surface area contributed by atoms with E-state index in [9.17, 15) is 0 Å². The third kappa shape index (κ3) is 1.24. The van der Waals surface area contributed by atoms with Gasteiger partial charge < -0.3 is 9.72 Å². The normalized spacial score (nSPS) is 10.1. The van der Waals surface area contributed by atoms with Gasteiger partial charge in [0, 0.05) is 16.1 Å². The minimum absolute atomic E-state index is 0.342. The average Bonchev–Trinajstić information content (AvgIpc) is 2.58. The molecule has 0 fully saturated rings. The van der Waals surface area contributed by atoms with Crippen molar-refractivity contribution >= 4 is 27.0 Å². The maximum atomic E-state index is 8.84. The fourth-order valence-corrected chi connectivity index (χ4v) is 1.65. The summed E-state index contributed by atoms with van der Waals surface area (Å²) < 4.78 is 5.87. The number of halogens is 1. The van der Waals surface area contributed by atoms with E-state index in [4.69, 9.17) is 10.00 Å². The first-order valence-electron chi connectivity index (χ1n) is 3.88. The zero-order valence-electron chi connectivity index (χ0n) is 7.34. The summed E-state index contributed by atoms with van der Waals surface area (Å²) in [6, 6.07) is 3.77. The van der Waals surface area contributed by atoms with Crippen LogP contribution in [0, 0.1) is 11.3 Å². The lowest BCUT2D eigenvalue weighted by Crippen LogP contribution is -1.92. The number of ether oxygens (including phenoxy) is 1. The second kappa shape index (κ2) is 3.31. The number of nitrogens with zero attached hydrogens (tertiary/aromatic N) is 2. The Morgan fingerprint density at radius 3 is 3.07 bits per heavy atom. The highest BCUT2D eigenvalue weighted by molar-refractivity contribution is 9.10. The lowest BCUT2D eigenvalue weighted by molar-refractivity contribution is 0.398. The molecule has 0 aliphatic carbocycles. The maximum absolute atomic E-state index is 8.84. The van der Waals surface area contributed by atoms with Gasteiger partial charge in [0.05, 0.1) is 7.11 Å². The van der Waals surface area contributed by atoms with E-state index < -0.39 is 0 Å². The van der Waals surface area contributed by atoms with Crippen molar-refractivity contribution < 1.29 is 4.74 Å². The van der Waals surface area contributed by atoms with Crippen LogP contribution in [0.1, 0.15) is 5.56 Å². The lowest BCUT2D eigenvalue weighted by Gasteiger charge is -2.00. The SMILES string of the molecule is COc1nc2[nH]cc(Br)c2cc1C#N. The molecule has 0 aliphatic heterocycles. The van der Waals surface area contributed by atoms with Gasteiger partial charge in [-0.15, -0.1) is 0 Å². The van der Waals surface area contributed by atoms with Gasteiger partial charge in [-0.3, -0.25) is 0 Å². The molecular weight excluding hydrogens is 246 g/mol. The molecule has 2 aromatic heterocycles. The molecule has 2 rings (SSSR count). The number of nitrogens with one attached hydrogen (secondary N) is 1. The van der Waals surface area contributed by atoms with Crippen LogP contribution in [0.5, 0.6) is 5.88 Å². The molecule has 70 valence electrons. The maximum Gasteiger partial charge on any atom is 0.233 e. The van der Waals surface area contributed by atoms with Crippen molar-refractivity contribution in [3.05, 3.63) is 22.3 Å². The molecule has 1 N–H and O–H groups in total. The Labute approximate surface area is 88.6 Å². The summed E-state index contributed by atoms with van der Waals surface area (Å²) in [4.78, 5) is 7.12. The Kier molecular flexibility index (Phi) is 2.14.